The fourth-order valence-electron chi connectivity index (χ4n) is 4.12. The molecule has 3 N–H and O–H groups in total. The van der Waals surface area contributed by atoms with E-state index in [-0.39, 0.29) is 12.5 Å². The van der Waals surface area contributed by atoms with Crippen LogP contribution in [0.1, 0.15) is 62.7 Å². The number of amides is 1. The molecule has 0 radical (unpaired) electrons. The number of rotatable bonds is 4. The maximum absolute atomic E-state index is 11.6. The number of hydrogen-bond donors (Lipinski definition) is 2. The summed E-state index contributed by atoms with van der Waals surface area (Å²) in [6.07, 6.45) is 9.27. The van der Waals surface area contributed by atoms with Crippen LogP contribution in [0, 0.1) is 5.92 Å². The van der Waals surface area contributed by atoms with Crippen LogP contribution < -0.4 is 11.1 Å². The van der Waals surface area contributed by atoms with Gasteiger partial charge in [-0.1, -0.05) is 69.4 Å². The summed E-state index contributed by atoms with van der Waals surface area (Å²) in [7, 11) is 3.44. The fourth-order valence-corrected chi connectivity index (χ4v) is 4.12. The van der Waals surface area contributed by atoms with Gasteiger partial charge in [0.25, 0.3) is 12.4 Å². The summed E-state index contributed by atoms with van der Waals surface area (Å²) in [6, 6.07) is 14.4. The van der Waals surface area contributed by atoms with Crippen molar-refractivity contribution < 1.29 is 19.1 Å². The quantitative estimate of drug-likeness (QED) is 0.630. The van der Waals surface area contributed by atoms with Crippen LogP contribution in [0.3, 0.4) is 0 Å². The Balaban J connectivity index is 0.000000269. The molecule has 1 aliphatic carbocycles. The second kappa shape index (κ2) is 17.6. The molecule has 0 bridgehead atoms. The highest BCUT2D eigenvalue weighted by atomic mass is 16.5. The van der Waals surface area contributed by atoms with Crippen LogP contribution in [0.4, 0.5) is 0 Å². The molecule has 2 aromatic rings. The van der Waals surface area contributed by atoms with Crippen molar-refractivity contribution in [2.45, 2.75) is 64.5 Å². The van der Waals surface area contributed by atoms with Gasteiger partial charge in [-0.15, -0.1) is 0 Å². The summed E-state index contributed by atoms with van der Waals surface area (Å²) >= 11 is 0. The van der Waals surface area contributed by atoms with Gasteiger partial charge < -0.3 is 25.5 Å². The Morgan fingerprint density at radius 1 is 1.09 bits per heavy atom. The average Bonchev–Trinajstić information content (AvgIpc) is 3.17. The molecular weight excluding hydrogens is 442 g/mol. The second-order valence-corrected chi connectivity index (χ2v) is 9.30. The van der Waals surface area contributed by atoms with Gasteiger partial charge in [-0.2, -0.15) is 0 Å². The summed E-state index contributed by atoms with van der Waals surface area (Å²) in [6.45, 7) is 6.07. The topological polar surface area (TPSA) is 102 Å². The molecular formula is C28H43N3O4. The lowest BCUT2D eigenvalue weighted by atomic mass is 9.91. The summed E-state index contributed by atoms with van der Waals surface area (Å²) in [4.78, 5) is 33.0. The number of likely N-dealkylation sites (tertiary alicyclic amines) is 1. The van der Waals surface area contributed by atoms with Gasteiger partial charge in [-0.3, -0.25) is 9.59 Å². The minimum atomic E-state index is -0.224. The SMILES string of the molecule is CC1CC(N)CN1C.CC1CCCCC1.COC=O.O=CCNC(=O)c1ccc2ccccc2c1. The predicted octanol–water partition coefficient (Wildman–Crippen LogP) is 4.18. The van der Waals surface area contributed by atoms with Crippen LogP contribution in [0.15, 0.2) is 42.5 Å². The number of likely N-dealkylation sites (N-methyl/N-ethyl adjacent to an activating group) is 1. The minimum Gasteiger partial charge on any atom is -0.471 e. The Morgan fingerprint density at radius 3 is 2.14 bits per heavy atom. The van der Waals surface area contributed by atoms with Gasteiger partial charge in [0.2, 0.25) is 0 Å². The normalized spacial score (nSPS) is 19.6. The number of methoxy groups -OCH3 is 1. The van der Waals surface area contributed by atoms with E-state index < -0.39 is 0 Å². The van der Waals surface area contributed by atoms with E-state index in [1.807, 2.05) is 36.4 Å². The lowest BCUT2D eigenvalue weighted by molar-refractivity contribution is -0.126. The maximum atomic E-state index is 11.6. The molecule has 1 amide bonds. The van der Waals surface area contributed by atoms with E-state index in [4.69, 9.17) is 10.5 Å². The van der Waals surface area contributed by atoms with E-state index in [1.54, 1.807) is 6.07 Å². The Morgan fingerprint density at radius 2 is 1.71 bits per heavy atom. The molecule has 1 aliphatic heterocycles. The van der Waals surface area contributed by atoms with Crippen molar-refractivity contribution in [2.75, 3.05) is 27.2 Å². The summed E-state index contributed by atoms with van der Waals surface area (Å²) < 4.78 is 3.86. The first-order chi connectivity index (χ1) is 16.8. The molecule has 2 atom stereocenters. The molecule has 7 heteroatoms. The maximum Gasteiger partial charge on any atom is 0.292 e. The van der Waals surface area contributed by atoms with Gasteiger partial charge in [0.1, 0.15) is 6.29 Å². The number of nitrogens with one attached hydrogen (secondary N) is 1. The third-order valence-electron chi connectivity index (χ3n) is 6.27. The van der Waals surface area contributed by atoms with E-state index in [0.29, 0.717) is 30.4 Å². The molecule has 0 aromatic heterocycles. The van der Waals surface area contributed by atoms with Crippen LogP contribution in [0.5, 0.6) is 0 Å². The minimum absolute atomic E-state index is 0.0473. The van der Waals surface area contributed by atoms with E-state index >= 15 is 0 Å². The van der Waals surface area contributed by atoms with E-state index in [0.717, 1.165) is 29.7 Å². The van der Waals surface area contributed by atoms with Crippen molar-refractivity contribution in [1.82, 2.24) is 10.2 Å². The largest absolute Gasteiger partial charge is 0.471 e. The van der Waals surface area contributed by atoms with Crippen molar-refractivity contribution in [3.63, 3.8) is 0 Å². The molecule has 2 aliphatic rings. The van der Waals surface area contributed by atoms with Crippen LogP contribution >= 0.6 is 0 Å². The Kier molecular flexibility index (Phi) is 15.2. The number of ether oxygens (including phenoxy) is 1. The Hall–Kier alpha value is -2.77. The van der Waals surface area contributed by atoms with Crippen molar-refractivity contribution in [1.29, 1.82) is 0 Å². The fraction of sp³-hybridized carbons (Fsp3) is 0.536. The first-order valence-electron chi connectivity index (χ1n) is 12.4. The van der Waals surface area contributed by atoms with Crippen molar-refractivity contribution >= 4 is 29.4 Å². The van der Waals surface area contributed by atoms with Gasteiger partial charge in [0.05, 0.1) is 13.7 Å². The molecule has 2 unspecified atom stereocenters. The number of hydrogen-bond acceptors (Lipinski definition) is 6. The predicted molar refractivity (Wildman–Crippen MR) is 142 cm³/mol. The number of benzene rings is 2. The highest BCUT2D eigenvalue weighted by Crippen LogP contribution is 2.22. The van der Waals surface area contributed by atoms with E-state index in [9.17, 15) is 9.59 Å². The number of carbonyl (C=O) groups excluding carboxylic acids is 3. The monoisotopic (exact) mass is 485 g/mol. The summed E-state index contributed by atoms with van der Waals surface area (Å²) in [5, 5.41) is 4.61. The van der Waals surface area contributed by atoms with Gasteiger partial charge in [-0.05, 0) is 49.2 Å². The smallest absolute Gasteiger partial charge is 0.292 e. The molecule has 1 heterocycles. The lowest BCUT2D eigenvalue weighted by Crippen LogP contribution is -2.24. The van der Waals surface area contributed by atoms with Crippen molar-refractivity contribution in [3.8, 4) is 0 Å². The Labute approximate surface area is 210 Å². The zero-order valence-electron chi connectivity index (χ0n) is 21.7. The van der Waals surface area contributed by atoms with Crippen LogP contribution in [0.25, 0.3) is 10.8 Å². The molecule has 35 heavy (non-hydrogen) atoms. The number of carbonyl (C=O) groups is 3. The summed E-state index contributed by atoms with van der Waals surface area (Å²) in [5.74, 6) is 0.812. The first kappa shape index (κ1) is 30.3. The Bertz CT molecular complexity index is 873. The average molecular weight is 486 g/mol. The van der Waals surface area contributed by atoms with Crippen LogP contribution in [-0.2, 0) is 14.3 Å². The first-order valence-corrected chi connectivity index (χ1v) is 12.4. The van der Waals surface area contributed by atoms with E-state index in [2.05, 4.69) is 35.8 Å². The molecule has 0 spiro atoms. The number of nitrogens with two attached hydrogens (primary N) is 1. The molecule has 7 nitrogen and oxygen atoms in total. The van der Waals surface area contributed by atoms with Crippen molar-refractivity contribution in [3.05, 3.63) is 48.0 Å². The number of fused-ring (bicyclic) bond motifs is 1. The number of nitrogens with zero attached hydrogens (tertiary/aromatic N) is 1. The van der Waals surface area contributed by atoms with Gasteiger partial charge in [0, 0.05) is 24.2 Å². The highest BCUT2D eigenvalue weighted by molar-refractivity contribution is 5.99. The van der Waals surface area contributed by atoms with Crippen LogP contribution in [-0.4, -0.2) is 62.9 Å². The van der Waals surface area contributed by atoms with Gasteiger partial charge in [0.15, 0.2) is 0 Å². The number of aldehydes is 1. The third kappa shape index (κ3) is 12.5. The van der Waals surface area contributed by atoms with Crippen molar-refractivity contribution in [2.24, 2.45) is 11.7 Å². The van der Waals surface area contributed by atoms with Gasteiger partial charge >= 0.3 is 0 Å². The second-order valence-electron chi connectivity index (χ2n) is 9.30. The molecule has 2 fully saturated rings. The highest BCUT2D eigenvalue weighted by Gasteiger charge is 2.22. The van der Waals surface area contributed by atoms with Crippen LogP contribution in [0.2, 0.25) is 0 Å². The molecule has 4 rings (SSSR count). The molecule has 1 saturated carbocycles. The summed E-state index contributed by atoms with van der Waals surface area (Å²) in [5.41, 5.74) is 6.24. The molecule has 2 aromatic carbocycles. The zero-order chi connectivity index (χ0) is 26.1. The zero-order valence-corrected chi connectivity index (χ0v) is 21.7. The molecule has 194 valence electrons. The van der Waals surface area contributed by atoms with Gasteiger partial charge in [-0.25, -0.2) is 0 Å². The molecule has 1 saturated heterocycles. The lowest BCUT2D eigenvalue weighted by Gasteiger charge is -2.15. The standard InChI is InChI=1S/C13H11NO2.C7H14.C6H14N2.C2H4O2/c15-8-7-14-13(16)12-6-5-10-3-1-2-4-11(10)9-12;1-7-5-3-2-4-6-7;1-5-3-6(7)4-8(5)2;1-4-2-3/h1-6,8-9H,7H2,(H,14,16);7H,2-6H2,1H3;5-6H,3-4,7H2,1-2H3;2H,1H3. The van der Waals surface area contributed by atoms with E-state index in [1.165, 1.54) is 39.2 Å². The third-order valence-corrected chi connectivity index (χ3v) is 6.27.